The molecule has 0 spiro atoms. The van der Waals surface area contributed by atoms with Crippen LogP contribution in [0.15, 0.2) is 0 Å². The molecule has 88 valence electrons. The van der Waals surface area contributed by atoms with E-state index in [2.05, 4.69) is 0 Å². The van der Waals surface area contributed by atoms with Gasteiger partial charge in [0.15, 0.2) is 0 Å². The molecule has 1 saturated carbocycles. The first kappa shape index (κ1) is 12.5. The first-order valence-electron chi connectivity index (χ1n) is 6.01. The third kappa shape index (κ3) is 3.49. The summed E-state index contributed by atoms with van der Waals surface area (Å²) in [6.45, 7) is 3.94. The summed E-state index contributed by atoms with van der Waals surface area (Å²) in [6.07, 6.45) is 5.19. The van der Waals surface area contributed by atoms with Gasteiger partial charge in [0.05, 0.1) is 18.6 Å². The van der Waals surface area contributed by atoms with E-state index in [1.54, 1.807) is 13.8 Å². The van der Waals surface area contributed by atoms with Gasteiger partial charge in [0.2, 0.25) is 0 Å². The van der Waals surface area contributed by atoms with Crippen molar-refractivity contribution in [1.29, 1.82) is 0 Å². The monoisotopic (exact) mass is 214 g/mol. The van der Waals surface area contributed by atoms with Crippen LogP contribution in [0.5, 0.6) is 0 Å². The Kier molecular flexibility index (Phi) is 5.09. The molecule has 3 nitrogen and oxygen atoms in total. The molecule has 1 aliphatic rings. The average molecular weight is 214 g/mol. The van der Waals surface area contributed by atoms with E-state index in [0.717, 1.165) is 12.8 Å². The van der Waals surface area contributed by atoms with Gasteiger partial charge >= 0.3 is 5.97 Å². The number of carbonyl (C=O) groups excluding carboxylic acids is 1. The fourth-order valence-electron chi connectivity index (χ4n) is 2.30. The predicted octanol–water partition coefficient (Wildman–Crippen LogP) is 2.13. The smallest absolute Gasteiger partial charge is 0.311 e. The normalized spacial score (nSPS) is 22.1. The molecule has 0 heterocycles. The summed E-state index contributed by atoms with van der Waals surface area (Å²) in [5.74, 6) is -0.359. The summed E-state index contributed by atoms with van der Waals surface area (Å²) in [5.41, 5.74) is 0. The van der Waals surface area contributed by atoms with Gasteiger partial charge in [-0.05, 0) is 32.6 Å². The molecule has 0 aliphatic heterocycles. The Morgan fingerprint density at radius 1 is 1.40 bits per heavy atom. The van der Waals surface area contributed by atoms with Gasteiger partial charge in [0.1, 0.15) is 0 Å². The van der Waals surface area contributed by atoms with Crippen molar-refractivity contribution in [1.82, 2.24) is 0 Å². The molecule has 0 unspecified atom stereocenters. The molecule has 0 aromatic rings. The fraction of sp³-hybridized carbons (Fsp3) is 0.917. The molecular formula is C12H22O3. The Morgan fingerprint density at radius 3 is 2.53 bits per heavy atom. The van der Waals surface area contributed by atoms with Gasteiger partial charge in [-0.1, -0.05) is 19.3 Å². The molecule has 0 bridgehead atoms. The van der Waals surface area contributed by atoms with E-state index >= 15 is 0 Å². The SMILES string of the molecule is CCOC(=O)[C@H](C)[C@@H](O)C1CCCCC1. The maximum atomic E-state index is 11.4. The number of hydrogen-bond donors (Lipinski definition) is 1. The Morgan fingerprint density at radius 2 is 2.00 bits per heavy atom. The fourth-order valence-corrected chi connectivity index (χ4v) is 2.30. The first-order valence-corrected chi connectivity index (χ1v) is 6.01. The highest BCUT2D eigenvalue weighted by Crippen LogP contribution is 2.29. The van der Waals surface area contributed by atoms with Crippen LogP contribution in [0.3, 0.4) is 0 Å². The van der Waals surface area contributed by atoms with E-state index in [1.807, 2.05) is 0 Å². The lowest BCUT2D eigenvalue weighted by molar-refractivity contribution is -0.152. The minimum atomic E-state index is -0.524. The minimum Gasteiger partial charge on any atom is -0.466 e. The van der Waals surface area contributed by atoms with E-state index in [1.165, 1.54) is 19.3 Å². The second-order valence-corrected chi connectivity index (χ2v) is 4.43. The molecule has 0 saturated heterocycles. The predicted molar refractivity (Wildman–Crippen MR) is 58.4 cm³/mol. The van der Waals surface area contributed by atoms with Gasteiger partial charge in [-0.2, -0.15) is 0 Å². The molecule has 2 atom stereocenters. The largest absolute Gasteiger partial charge is 0.466 e. The van der Waals surface area contributed by atoms with Gasteiger partial charge in [0.25, 0.3) is 0 Å². The Hall–Kier alpha value is -0.570. The van der Waals surface area contributed by atoms with E-state index in [9.17, 15) is 9.90 Å². The number of ether oxygens (including phenoxy) is 1. The van der Waals surface area contributed by atoms with Crippen molar-refractivity contribution >= 4 is 5.97 Å². The standard InChI is InChI=1S/C12H22O3/c1-3-15-12(14)9(2)11(13)10-7-5-4-6-8-10/h9-11,13H,3-8H2,1-2H3/t9-,11-/m1/s1. The molecule has 0 amide bonds. The second-order valence-electron chi connectivity index (χ2n) is 4.43. The zero-order chi connectivity index (χ0) is 11.3. The quantitative estimate of drug-likeness (QED) is 0.729. The van der Waals surface area contributed by atoms with Gasteiger partial charge in [-0.25, -0.2) is 0 Å². The van der Waals surface area contributed by atoms with E-state index in [-0.39, 0.29) is 17.8 Å². The molecule has 1 fully saturated rings. The van der Waals surface area contributed by atoms with Crippen molar-refractivity contribution in [2.75, 3.05) is 6.61 Å². The molecule has 15 heavy (non-hydrogen) atoms. The van der Waals surface area contributed by atoms with Crippen LogP contribution in [0.25, 0.3) is 0 Å². The highest BCUT2D eigenvalue weighted by Gasteiger charge is 2.30. The number of aliphatic hydroxyl groups is 1. The number of esters is 1. The van der Waals surface area contributed by atoms with Crippen LogP contribution < -0.4 is 0 Å². The number of aliphatic hydroxyl groups excluding tert-OH is 1. The summed E-state index contributed by atoms with van der Waals surface area (Å²) in [5, 5.41) is 10.0. The minimum absolute atomic E-state index is 0.268. The molecule has 0 aromatic carbocycles. The summed E-state index contributed by atoms with van der Waals surface area (Å²) in [7, 11) is 0. The lowest BCUT2D eigenvalue weighted by Gasteiger charge is -2.29. The molecule has 0 radical (unpaired) electrons. The lowest BCUT2D eigenvalue weighted by atomic mass is 9.81. The Bertz CT molecular complexity index is 197. The summed E-state index contributed by atoms with van der Waals surface area (Å²) >= 11 is 0. The van der Waals surface area contributed by atoms with E-state index in [0.29, 0.717) is 6.61 Å². The van der Waals surface area contributed by atoms with Crippen LogP contribution >= 0.6 is 0 Å². The van der Waals surface area contributed by atoms with Crippen molar-refractivity contribution < 1.29 is 14.6 Å². The van der Waals surface area contributed by atoms with Crippen molar-refractivity contribution in [3.05, 3.63) is 0 Å². The number of hydrogen-bond acceptors (Lipinski definition) is 3. The van der Waals surface area contributed by atoms with Gasteiger partial charge in [0, 0.05) is 0 Å². The first-order chi connectivity index (χ1) is 7.16. The lowest BCUT2D eigenvalue weighted by Crippen LogP contribution is -2.34. The van der Waals surface area contributed by atoms with Gasteiger partial charge in [-0.3, -0.25) is 4.79 Å². The zero-order valence-electron chi connectivity index (χ0n) is 9.74. The zero-order valence-corrected chi connectivity index (χ0v) is 9.74. The average Bonchev–Trinajstić information content (AvgIpc) is 2.28. The summed E-state index contributed by atoms with van der Waals surface area (Å²) in [6, 6.07) is 0. The van der Waals surface area contributed by atoms with Crippen LogP contribution in [0.2, 0.25) is 0 Å². The number of rotatable bonds is 4. The highest BCUT2D eigenvalue weighted by atomic mass is 16.5. The number of carbonyl (C=O) groups is 1. The van der Waals surface area contributed by atoms with Crippen LogP contribution in [-0.2, 0) is 9.53 Å². The van der Waals surface area contributed by atoms with Crippen LogP contribution in [0.1, 0.15) is 46.0 Å². The van der Waals surface area contributed by atoms with Crippen molar-refractivity contribution in [3.63, 3.8) is 0 Å². The summed E-state index contributed by atoms with van der Waals surface area (Å²) in [4.78, 5) is 11.4. The Labute approximate surface area is 91.8 Å². The highest BCUT2D eigenvalue weighted by molar-refractivity contribution is 5.72. The van der Waals surface area contributed by atoms with Crippen LogP contribution in [0, 0.1) is 11.8 Å². The molecule has 0 aromatic heterocycles. The third-order valence-electron chi connectivity index (χ3n) is 3.30. The maximum Gasteiger partial charge on any atom is 0.311 e. The van der Waals surface area contributed by atoms with Crippen molar-refractivity contribution in [2.24, 2.45) is 11.8 Å². The van der Waals surface area contributed by atoms with Crippen molar-refractivity contribution in [2.45, 2.75) is 52.1 Å². The van der Waals surface area contributed by atoms with Crippen LogP contribution in [-0.4, -0.2) is 23.8 Å². The van der Waals surface area contributed by atoms with Crippen LogP contribution in [0.4, 0.5) is 0 Å². The molecule has 3 heteroatoms. The topological polar surface area (TPSA) is 46.5 Å². The van der Waals surface area contributed by atoms with E-state index < -0.39 is 6.10 Å². The van der Waals surface area contributed by atoms with Crippen molar-refractivity contribution in [3.8, 4) is 0 Å². The maximum absolute atomic E-state index is 11.4. The van der Waals surface area contributed by atoms with Gasteiger partial charge in [-0.15, -0.1) is 0 Å². The van der Waals surface area contributed by atoms with E-state index in [4.69, 9.17) is 4.74 Å². The summed E-state index contributed by atoms with van der Waals surface area (Å²) < 4.78 is 4.92. The third-order valence-corrected chi connectivity index (χ3v) is 3.30. The molecule has 1 rings (SSSR count). The molecule has 1 aliphatic carbocycles. The second kappa shape index (κ2) is 6.11. The van der Waals surface area contributed by atoms with Gasteiger partial charge < -0.3 is 9.84 Å². The molecular weight excluding hydrogens is 192 g/mol. The molecule has 1 N–H and O–H groups in total. The Balaban J connectivity index is 2.43.